The van der Waals surface area contributed by atoms with E-state index >= 15 is 0 Å². The number of carbonyl (C=O) groups is 1. The van der Waals surface area contributed by atoms with Crippen molar-refractivity contribution in [2.24, 2.45) is 11.8 Å². The van der Waals surface area contributed by atoms with Crippen molar-refractivity contribution >= 4 is 5.91 Å². The van der Waals surface area contributed by atoms with E-state index in [1.807, 2.05) is 0 Å². The molecule has 1 aliphatic rings. The molecule has 2 rings (SSSR count). The highest BCUT2D eigenvalue weighted by atomic mass is 19.1. The molecule has 0 saturated heterocycles. The molecule has 1 amide bonds. The van der Waals surface area contributed by atoms with Gasteiger partial charge in [-0.1, -0.05) is 18.8 Å². The number of nitrogens with zero attached hydrogens (tertiary/aromatic N) is 1. The van der Waals surface area contributed by atoms with Crippen LogP contribution in [0.4, 0.5) is 4.39 Å². The number of hydrogen-bond donors (Lipinski definition) is 1. The van der Waals surface area contributed by atoms with Crippen molar-refractivity contribution in [2.75, 3.05) is 20.2 Å². The molecular formula is C16H18FNO2. The molecule has 1 fully saturated rings. The Hall–Kier alpha value is -1.86. The van der Waals surface area contributed by atoms with Gasteiger partial charge in [-0.2, -0.15) is 0 Å². The number of carbonyl (C=O) groups excluding carboxylic acids is 1. The number of rotatable bonds is 3. The molecule has 1 N–H and O–H groups in total. The van der Waals surface area contributed by atoms with Gasteiger partial charge in [0.05, 0.1) is 5.56 Å². The van der Waals surface area contributed by atoms with Crippen molar-refractivity contribution in [3.63, 3.8) is 0 Å². The van der Waals surface area contributed by atoms with Crippen molar-refractivity contribution < 1.29 is 14.3 Å². The summed E-state index contributed by atoms with van der Waals surface area (Å²) in [5.41, 5.74) is 0.697. The van der Waals surface area contributed by atoms with Gasteiger partial charge < -0.3 is 10.0 Å². The second-order valence-electron chi connectivity index (χ2n) is 5.31. The summed E-state index contributed by atoms with van der Waals surface area (Å²) >= 11 is 0. The van der Waals surface area contributed by atoms with E-state index < -0.39 is 5.82 Å². The maximum Gasteiger partial charge on any atom is 0.254 e. The molecule has 0 bridgehead atoms. The number of halogens is 1. The van der Waals surface area contributed by atoms with Gasteiger partial charge in [-0.05, 0) is 36.5 Å². The molecule has 1 aliphatic carbocycles. The molecule has 1 saturated carbocycles. The van der Waals surface area contributed by atoms with Gasteiger partial charge in [-0.3, -0.25) is 4.79 Å². The van der Waals surface area contributed by atoms with E-state index in [4.69, 9.17) is 5.11 Å². The predicted octanol–water partition coefficient (Wildman–Crippen LogP) is 1.90. The number of benzene rings is 1. The summed E-state index contributed by atoms with van der Waals surface area (Å²) < 4.78 is 13.3. The van der Waals surface area contributed by atoms with Crippen LogP contribution in [0.1, 0.15) is 29.3 Å². The quantitative estimate of drug-likeness (QED) is 0.856. The zero-order valence-electron chi connectivity index (χ0n) is 11.7. The Labute approximate surface area is 118 Å². The van der Waals surface area contributed by atoms with Crippen LogP contribution in [-0.4, -0.2) is 36.1 Å². The predicted molar refractivity (Wildman–Crippen MR) is 74.6 cm³/mol. The fourth-order valence-electron chi connectivity index (χ4n) is 2.23. The highest BCUT2D eigenvalue weighted by molar-refractivity contribution is 5.96. The first-order valence-corrected chi connectivity index (χ1v) is 6.67. The Morgan fingerprint density at radius 2 is 2.25 bits per heavy atom. The molecule has 0 spiro atoms. The molecule has 2 atom stereocenters. The number of aliphatic hydroxyl groups is 1. The van der Waals surface area contributed by atoms with Crippen molar-refractivity contribution in [3.05, 3.63) is 35.1 Å². The summed E-state index contributed by atoms with van der Waals surface area (Å²) in [5.74, 6) is 5.72. The standard InChI is InChI=1S/C16H18FNO2/c1-11-8-13(11)10-18(2)16(20)15-6-5-14(17)9-12(15)4-3-7-19/h5-6,9,11,13,19H,7-8,10H2,1-2H3. The van der Waals surface area contributed by atoms with Gasteiger partial charge in [-0.15, -0.1) is 0 Å². The van der Waals surface area contributed by atoms with E-state index in [0.717, 1.165) is 6.42 Å². The molecule has 1 aromatic rings. The highest BCUT2D eigenvalue weighted by Crippen LogP contribution is 2.38. The summed E-state index contributed by atoms with van der Waals surface area (Å²) in [6.45, 7) is 2.56. The third-order valence-electron chi connectivity index (χ3n) is 3.65. The smallest absolute Gasteiger partial charge is 0.254 e. The Morgan fingerprint density at radius 3 is 2.85 bits per heavy atom. The van der Waals surface area contributed by atoms with E-state index in [-0.39, 0.29) is 12.5 Å². The van der Waals surface area contributed by atoms with Gasteiger partial charge in [0.2, 0.25) is 0 Å². The molecule has 2 unspecified atom stereocenters. The van der Waals surface area contributed by atoms with Crippen LogP contribution in [-0.2, 0) is 0 Å². The lowest BCUT2D eigenvalue weighted by atomic mass is 10.1. The third-order valence-corrected chi connectivity index (χ3v) is 3.65. The van der Waals surface area contributed by atoms with Crippen LogP contribution in [0.5, 0.6) is 0 Å². The average molecular weight is 275 g/mol. The van der Waals surface area contributed by atoms with Gasteiger partial charge in [0.25, 0.3) is 5.91 Å². The van der Waals surface area contributed by atoms with Gasteiger partial charge >= 0.3 is 0 Å². The first-order valence-electron chi connectivity index (χ1n) is 6.67. The molecule has 20 heavy (non-hydrogen) atoms. The van der Waals surface area contributed by atoms with Crippen molar-refractivity contribution in [3.8, 4) is 11.8 Å². The third kappa shape index (κ3) is 3.37. The fourth-order valence-corrected chi connectivity index (χ4v) is 2.23. The summed E-state index contributed by atoms with van der Waals surface area (Å²) in [6, 6.07) is 3.93. The van der Waals surface area contributed by atoms with Crippen LogP contribution in [0.15, 0.2) is 18.2 Å². The minimum Gasteiger partial charge on any atom is -0.384 e. The van der Waals surface area contributed by atoms with Gasteiger partial charge in [0.15, 0.2) is 0 Å². The molecule has 0 radical (unpaired) electrons. The SMILES string of the molecule is CC1CC1CN(C)C(=O)c1ccc(F)cc1C#CCO. The van der Waals surface area contributed by atoms with Crippen molar-refractivity contribution in [1.82, 2.24) is 4.90 Å². The normalized spacial score (nSPS) is 20.0. The summed E-state index contributed by atoms with van der Waals surface area (Å²) in [7, 11) is 1.75. The minimum absolute atomic E-state index is 0.161. The first kappa shape index (κ1) is 14.5. The molecule has 3 nitrogen and oxygen atoms in total. The molecule has 0 heterocycles. The van der Waals surface area contributed by atoms with E-state index in [1.165, 1.54) is 18.2 Å². The van der Waals surface area contributed by atoms with Crippen molar-refractivity contribution in [2.45, 2.75) is 13.3 Å². The largest absolute Gasteiger partial charge is 0.384 e. The zero-order valence-corrected chi connectivity index (χ0v) is 11.7. The van der Waals surface area contributed by atoms with Crippen LogP contribution >= 0.6 is 0 Å². The lowest BCUT2D eigenvalue weighted by molar-refractivity contribution is 0.0786. The molecule has 0 aliphatic heterocycles. The Bertz CT molecular complexity index is 574. The number of aliphatic hydroxyl groups excluding tert-OH is 1. The van der Waals surface area contributed by atoms with Gasteiger partial charge in [0.1, 0.15) is 12.4 Å². The Morgan fingerprint density at radius 1 is 1.55 bits per heavy atom. The van der Waals surface area contributed by atoms with E-state index in [0.29, 0.717) is 29.5 Å². The minimum atomic E-state index is -0.442. The van der Waals surface area contributed by atoms with Gasteiger partial charge in [-0.25, -0.2) is 4.39 Å². The zero-order chi connectivity index (χ0) is 14.7. The number of amides is 1. The lowest BCUT2D eigenvalue weighted by Gasteiger charge is -2.18. The average Bonchev–Trinajstić information content (AvgIpc) is 3.11. The Kier molecular flexibility index (Phi) is 4.41. The van der Waals surface area contributed by atoms with E-state index in [9.17, 15) is 9.18 Å². The Balaban J connectivity index is 2.19. The monoisotopic (exact) mass is 275 g/mol. The molecule has 106 valence electrons. The maximum absolute atomic E-state index is 13.3. The highest BCUT2D eigenvalue weighted by Gasteiger charge is 2.34. The van der Waals surface area contributed by atoms with Crippen LogP contribution in [0.2, 0.25) is 0 Å². The second-order valence-corrected chi connectivity index (χ2v) is 5.31. The number of hydrogen-bond acceptors (Lipinski definition) is 2. The molecule has 0 aromatic heterocycles. The summed E-state index contributed by atoms with van der Waals surface area (Å²) in [5, 5.41) is 8.73. The summed E-state index contributed by atoms with van der Waals surface area (Å²) in [4.78, 5) is 14.0. The van der Waals surface area contributed by atoms with Crippen LogP contribution < -0.4 is 0 Å². The molecular weight excluding hydrogens is 257 g/mol. The first-order chi connectivity index (χ1) is 9.52. The molecule has 4 heteroatoms. The second kappa shape index (κ2) is 6.06. The van der Waals surface area contributed by atoms with E-state index in [1.54, 1.807) is 11.9 Å². The lowest BCUT2D eigenvalue weighted by Crippen LogP contribution is -2.29. The van der Waals surface area contributed by atoms with Crippen LogP contribution in [0.3, 0.4) is 0 Å². The van der Waals surface area contributed by atoms with Gasteiger partial charge in [0, 0.05) is 19.2 Å². The fraction of sp³-hybridized carbons (Fsp3) is 0.438. The van der Waals surface area contributed by atoms with E-state index in [2.05, 4.69) is 18.8 Å². The summed E-state index contributed by atoms with van der Waals surface area (Å²) in [6.07, 6.45) is 1.15. The van der Waals surface area contributed by atoms with Crippen molar-refractivity contribution in [1.29, 1.82) is 0 Å². The topological polar surface area (TPSA) is 40.5 Å². The van der Waals surface area contributed by atoms with Crippen LogP contribution in [0, 0.1) is 29.5 Å². The molecule has 1 aromatic carbocycles. The maximum atomic E-state index is 13.3. The van der Waals surface area contributed by atoms with Crippen LogP contribution in [0.25, 0.3) is 0 Å².